The Hall–Kier alpha value is -0.870. The number of rotatable bonds is 2. The molecule has 0 aliphatic carbocycles. The van der Waals surface area contributed by atoms with Gasteiger partial charge in [-0.15, -0.1) is 0 Å². The summed E-state index contributed by atoms with van der Waals surface area (Å²) in [6.07, 6.45) is 1.21. The highest BCUT2D eigenvalue weighted by molar-refractivity contribution is 7.90. The van der Waals surface area contributed by atoms with E-state index in [0.29, 0.717) is 4.90 Å². The minimum absolute atomic E-state index is 0.337. The third kappa shape index (κ3) is 2.62. The van der Waals surface area contributed by atoms with Gasteiger partial charge >= 0.3 is 0 Å². The van der Waals surface area contributed by atoms with Gasteiger partial charge < -0.3 is 5.73 Å². The van der Waals surface area contributed by atoms with Crippen molar-refractivity contribution in [1.82, 2.24) is 0 Å². The second-order valence-electron chi connectivity index (χ2n) is 4.91. The molecule has 1 aromatic rings. The Bertz CT molecular complexity index is 511. The lowest BCUT2D eigenvalue weighted by Gasteiger charge is -2.23. The van der Waals surface area contributed by atoms with Crippen molar-refractivity contribution in [3.05, 3.63) is 28.8 Å². The SMILES string of the molecule is Cc1cc(S(C)(=O)=O)cc(C(C)(C)N)c1C. The third-order valence-corrected chi connectivity index (χ3v) is 3.86. The molecule has 90 valence electrons. The van der Waals surface area contributed by atoms with Gasteiger partial charge in [-0.1, -0.05) is 0 Å². The summed E-state index contributed by atoms with van der Waals surface area (Å²) in [5.41, 5.74) is 8.40. The van der Waals surface area contributed by atoms with Gasteiger partial charge in [0.1, 0.15) is 0 Å². The van der Waals surface area contributed by atoms with Crippen LogP contribution in [-0.4, -0.2) is 14.7 Å². The van der Waals surface area contributed by atoms with Gasteiger partial charge in [-0.25, -0.2) is 8.42 Å². The second kappa shape index (κ2) is 3.86. The average Bonchev–Trinajstić information content (AvgIpc) is 2.05. The first-order chi connectivity index (χ1) is 7.03. The van der Waals surface area contributed by atoms with E-state index in [1.165, 1.54) is 6.26 Å². The largest absolute Gasteiger partial charge is 0.322 e. The lowest BCUT2D eigenvalue weighted by molar-refractivity contribution is 0.547. The van der Waals surface area contributed by atoms with Crippen LogP contribution in [0.25, 0.3) is 0 Å². The lowest BCUT2D eigenvalue weighted by atomic mass is 9.89. The van der Waals surface area contributed by atoms with Crippen molar-refractivity contribution in [2.45, 2.75) is 38.1 Å². The fourth-order valence-electron chi connectivity index (χ4n) is 1.71. The Balaban J connectivity index is 3.59. The molecule has 1 rings (SSSR count). The molecule has 0 atom stereocenters. The normalized spacial score (nSPS) is 12.9. The molecule has 2 N–H and O–H groups in total. The zero-order valence-corrected chi connectivity index (χ0v) is 11.3. The molecule has 4 heteroatoms. The molecule has 0 unspecified atom stereocenters. The predicted molar refractivity (Wildman–Crippen MR) is 66.2 cm³/mol. The molecule has 0 bridgehead atoms. The van der Waals surface area contributed by atoms with E-state index >= 15 is 0 Å². The smallest absolute Gasteiger partial charge is 0.175 e. The Morgan fingerprint density at radius 3 is 2.06 bits per heavy atom. The van der Waals surface area contributed by atoms with Gasteiger partial charge in [0.2, 0.25) is 0 Å². The second-order valence-corrected chi connectivity index (χ2v) is 6.92. The summed E-state index contributed by atoms with van der Waals surface area (Å²) >= 11 is 0. The quantitative estimate of drug-likeness (QED) is 0.860. The van der Waals surface area contributed by atoms with Crippen LogP contribution in [0.15, 0.2) is 17.0 Å². The Morgan fingerprint density at radius 2 is 1.69 bits per heavy atom. The first kappa shape index (κ1) is 13.2. The standard InChI is InChI=1S/C12H19NO2S/c1-8-6-10(16(5,14)15)7-11(9(8)2)12(3,4)13/h6-7H,13H2,1-5H3. The van der Waals surface area contributed by atoms with Crippen molar-refractivity contribution in [3.63, 3.8) is 0 Å². The van der Waals surface area contributed by atoms with E-state index in [4.69, 9.17) is 5.73 Å². The molecule has 0 fully saturated rings. The summed E-state index contributed by atoms with van der Waals surface area (Å²) < 4.78 is 23.1. The fourth-order valence-corrected chi connectivity index (χ4v) is 2.43. The van der Waals surface area contributed by atoms with Crippen molar-refractivity contribution in [1.29, 1.82) is 0 Å². The molecule has 0 spiro atoms. The zero-order valence-electron chi connectivity index (χ0n) is 10.5. The van der Waals surface area contributed by atoms with Crippen molar-refractivity contribution >= 4 is 9.84 Å². The van der Waals surface area contributed by atoms with Gasteiger partial charge in [-0.3, -0.25) is 0 Å². The van der Waals surface area contributed by atoms with E-state index in [2.05, 4.69) is 0 Å². The minimum atomic E-state index is -3.18. The van der Waals surface area contributed by atoms with E-state index in [0.717, 1.165) is 16.7 Å². The number of nitrogens with two attached hydrogens (primary N) is 1. The van der Waals surface area contributed by atoms with Crippen LogP contribution in [-0.2, 0) is 15.4 Å². The average molecular weight is 241 g/mol. The van der Waals surface area contributed by atoms with E-state index < -0.39 is 15.4 Å². The van der Waals surface area contributed by atoms with Gasteiger partial charge in [-0.2, -0.15) is 0 Å². The first-order valence-electron chi connectivity index (χ1n) is 5.14. The summed E-state index contributed by atoms with van der Waals surface area (Å²) in [5.74, 6) is 0. The number of benzene rings is 1. The molecular formula is C12H19NO2S. The number of aryl methyl sites for hydroxylation is 1. The molecule has 0 amide bonds. The highest BCUT2D eigenvalue weighted by Crippen LogP contribution is 2.27. The molecule has 1 aromatic carbocycles. The molecule has 3 nitrogen and oxygen atoms in total. The number of hydrogen-bond donors (Lipinski definition) is 1. The topological polar surface area (TPSA) is 60.2 Å². The lowest BCUT2D eigenvalue weighted by Crippen LogP contribution is -2.30. The van der Waals surface area contributed by atoms with Gasteiger partial charge in [0.05, 0.1) is 4.90 Å². The highest BCUT2D eigenvalue weighted by atomic mass is 32.2. The van der Waals surface area contributed by atoms with E-state index in [1.54, 1.807) is 12.1 Å². The Labute approximate surface area is 97.6 Å². The predicted octanol–water partition coefficient (Wildman–Crippen LogP) is 1.90. The van der Waals surface area contributed by atoms with Crippen LogP contribution in [0, 0.1) is 13.8 Å². The number of hydrogen-bond acceptors (Lipinski definition) is 3. The summed E-state index contributed by atoms with van der Waals surface area (Å²) in [5, 5.41) is 0. The first-order valence-corrected chi connectivity index (χ1v) is 7.03. The monoisotopic (exact) mass is 241 g/mol. The Kier molecular flexibility index (Phi) is 3.18. The molecular weight excluding hydrogens is 222 g/mol. The van der Waals surface area contributed by atoms with E-state index in [-0.39, 0.29) is 0 Å². The van der Waals surface area contributed by atoms with Crippen LogP contribution in [0.2, 0.25) is 0 Å². The molecule has 0 heterocycles. The molecule has 16 heavy (non-hydrogen) atoms. The molecule has 0 aliphatic heterocycles. The maximum atomic E-state index is 11.5. The van der Waals surface area contributed by atoms with Crippen molar-refractivity contribution in [3.8, 4) is 0 Å². The molecule has 0 aromatic heterocycles. The highest BCUT2D eigenvalue weighted by Gasteiger charge is 2.20. The molecule has 0 saturated carbocycles. The van der Waals surface area contributed by atoms with Gasteiger partial charge in [0.25, 0.3) is 0 Å². The van der Waals surface area contributed by atoms with Crippen LogP contribution in [0.4, 0.5) is 0 Å². The van der Waals surface area contributed by atoms with Gasteiger partial charge in [0.15, 0.2) is 9.84 Å². The molecule has 0 saturated heterocycles. The van der Waals surface area contributed by atoms with Crippen LogP contribution < -0.4 is 5.73 Å². The summed E-state index contributed by atoms with van der Waals surface area (Å²) in [6.45, 7) is 7.62. The van der Waals surface area contributed by atoms with Gasteiger partial charge in [0, 0.05) is 11.8 Å². The number of sulfone groups is 1. The van der Waals surface area contributed by atoms with E-state index in [1.807, 2.05) is 27.7 Å². The van der Waals surface area contributed by atoms with E-state index in [9.17, 15) is 8.42 Å². The van der Waals surface area contributed by atoms with Crippen molar-refractivity contribution in [2.75, 3.05) is 6.26 Å². The van der Waals surface area contributed by atoms with Crippen LogP contribution >= 0.6 is 0 Å². The summed E-state index contributed by atoms with van der Waals surface area (Å²) in [7, 11) is -3.18. The Morgan fingerprint density at radius 1 is 1.19 bits per heavy atom. The third-order valence-electron chi connectivity index (χ3n) is 2.76. The van der Waals surface area contributed by atoms with Crippen LogP contribution in [0.3, 0.4) is 0 Å². The van der Waals surface area contributed by atoms with Gasteiger partial charge in [-0.05, 0) is 56.5 Å². The maximum Gasteiger partial charge on any atom is 0.175 e. The maximum absolute atomic E-state index is 11.5. The van der Waals surface area contributed by atoms with Crippen molar-refractivity contribution in [2.24, 2.45) is 5.73 Å². The molecule has 0 aliphatic rings. The minimum Gasteiger partial charge on any atom is -0.322 e. The van der Waals surface area contributed by atoms with Crippen molar-refractivity contribution < 1.29 is 8.42 Å². The molecule has 0 radical (unpaired) electrons. The van der Waals surface area contributed by atoms with Crippen LogP contribution in [0.5, 0.6) is 0 Å². The zero-order chi connectivity index (χ0) is 12.7. The summed E-state index contributed by atoms with van der Waals surface area (Å²) in [6, 6.07) is 3.37. The summed E-state index contributed by atoms with van der Waals surface area (Å²) in [4.78, 5) is 0.337. The fraction of sp³-hybridized carbons (Fsp3) is 0.500. The van der Waals surface area contributed by atoms with Crippen LogP contribution in [0.1, 0.15) is 30.5 Å².